The molecule has 0 spiro atoms. The van der Waals surface area contributed by atoms with E-state index in [4.69, 9.17) is 4.74 Å². The van der Waals surface area contributed by atoms with Crippen molar-refractivity contribution in [1.29, 1.82) is 0 Å². The number of hydrogen-bond acceptors (Lipinski definition) is 3. The summed E-state index contributed by atoms with van der Waals surface area (Å²) in [6.07, 6.45) is 1.15. The molecule has 1 aromatic carbocycles. The van der Waals surface area contributed by atoms with E-state index in [-0.39, 0.29) is 5.97 Å². The van der Waals surface area contributed by atoms with Crippen molar-refractivity contribution < 1.29 is 9.53 Å². The third-order valence-electron chi connectivity index (χ3n) is 3.53. The second-order valence-electron chi connectivity index (χ2n) is 4.70. The van der Waals surface area contributed by atoms with E-state index in [2.05, 4.69) is 26.1 Å². The first-order valence-electron chi connectivity index (χ1n) is 6.49. The van der Waals surface area contributed by atoms with Crippen LogP contribution in [0.4, 0.5) is 0 Å². The first-order valence-corrected chi connectivity index (χ1v) is 6.49. The highest BCUT2D eigenvalue weighted by atomic mass is 16.5. The van der Waals surface area contributed by atoms with Crippen molar-refractivity contribution in [1.82, 2.24) is 5.32 Å². The predicted octanol–water partition coefficient (Wildman–Crippen LogP) is 3.00. The van der Waals surface area contributed by atoms with Gasteiger partial charge in [-0.1, -0.05) is 38.5 Å². The van der Waals surface area contributed by atoms with Crippen molar-refractivity contribution in [3.8, 4) is 0 Å². The van der Waals surface area contributed by atoms with Crippen LogP contribution in [0.5, 0.6) is 0 Å². The van der Waals surface area contributed by atoms with Crippen LogP contribution in [-0.2, 0) is 11.3 Å². The lowest BCUT2D eigenvalue weighted by molar-refractivity contribution is 0.0599. The lowest BCUT2D eigenvalue weighted by atomic mass is 10.00. The van der Waals surface area contributed by atoms with E-state index in [1.807, 2.05) is 18.2 Å². The zero-order valence-corrected chi connectivity index (χ0v) is 11.7. The minimum absolute atomic E-state index is 0.274. The van der Waals surface area contributed by atoms with Gasteiger partial charge in [-0.3, -0.25) is 0 Å². The maximum Gasteiger partial charge on any atom is 0.338 e. The van der Waals surface area contributed by atoms with E-state index >= 15 is 0 Å². The molecule has 1 aromatic rings. The summed E-state index contributed by atoms with van der Waals surface area (Å²) in [4.78, 5) is 11.6. The maximum absolute atomic E-state index is 11.6. The Kier molecular flexibility index (Phi) is 5.86. The van der Waals surface area contributed by atoms with Crippen molar-refractivity contribution in [2.75, 3.05) is 7.11 Å². The van der Waals surface area contributed by atoms with Gasteiger partial charge >= 0.3 is 5.97 Å². The molecule has 0 aromatic heterocycles. The van der Waals surface area contributed by atoms with E-state index in [0.717, 1.165) is 12.0 Å². The molecule has 2 unspecified atom stereocenters. The SMILES string of the molecule is CCC(C)C(C)NCc1ccccc1C(=O)OC. The van der Waals surface area contributed by atoms with Crippen LogP contribution in [-0.4, -0.2) is 19.1 Å². The van der Waals surface area contributed by atoms with Gasteiger partial charge in [0.2, 0.25) is 0 Å². The Morgan fingerprint density at radius 1 is 1.33 bits per heavy atom. The summed E-state index contributed by atoms with van der Waals surface area (Å²) in [5.74, 6) is 0.346. The number of methoxy groups -OCH3 is 1. The number of benzene rings is 1. The lowest BCUT2D eigenvalue weighted by Gasteiger charge is -2.20. The molecule has 0 bridgehead atoms. The fraction of sp³-hybridized carbons (Fsp3) is 0.533. The Hall–Kier alpha value is -1.35. The van der Waals surface area contributed by atoms with E-state index in [1.54, 1.807) is 6.07 Å². The van der Waals surface area contributed by atoms with Crippen molar-refractivity contribution >= 4 is 5.97 Å². The summed E-state index contributed by atoms with van der Waals surface area (Å²) in [7, 11) is 1.41. The molecule has 100 valence electrons. The van der Waals surface area contributed by atoms with Gasteiger partial charge in [0.25, 0.3) is 0 Å². The summed E-state index contributed by atoms with van der Waals surface area (Å²) in [5, 5.41) is 3.46. The lowest BCUT2D eigenvalue weighted by Crippen LogP contribution is -2.31. The molecule has 0 aliphatic heterocycles. The molecule has 3 nitrogen and oxygen atoms in total. The van der Waals surface area contributed by atoms with Gasteiger partial charge < -0.3 is 10.1 Å². The summed E-state index contributed by atoms with van der Waals surface area (Å²) in [5.41, 5.74) is 1.63. The van der Waals surface area contributed by atoms with Gasteiger partial charge in [0.05, 0.1) is 12.7 Å². The van der Waals surface area contributed by atoms with Crippen LogP contribution in [0.15, 0.2) is 24.3 Å². The summed E-state index contributed by atoms with van der Waals surface area (Å²) in [6, 6.07) is 7.99. The van der Waals surface area contributed by atoms with Crippen LogP contribution in [0.3, 0.4) is 0 Å². The number of nitrogens with one attached hydrogen (secondary N) is 1. The van der Waals surface area contributed by atoms with Crippen LogP contribution in [0.1, 0.15) is 43.1 Å². The van der Waals surface area contributed by atoms with Crippen molar-refractivity contribution in [2.45, 2.75) is 39.8 Å². The molecule has 0 radical (unpaired) electrons. The minimum atomic E-state index is -0.274. The van der Waals surface area contributed by atoms with Crippen molar-refractivity contribution in [2.24, 2.45) is 5.92 Å². The molecule has 0 amide bonds. The molecule has 0 aliphatic rings. The van der Waals surface area contributed by atoms with Crippen LogP contribution < -0.4 is 5.32 Å². The van der Waals surface area contributed by atoms with E-state index in [9.17, 15) is 4.79 Å². The smallest absolute Gasteiger partial charge is 0.338 e. The molecule has 3 heteroatoms. The normalized spacial score (nSPS) is 14.0. The highest BCUT2D eigenvalue weighted by molar-refractivity contribution is 5.90. The molecule has 0 saturated heterocycles. The Morgan fingerprint density at radius 2 is 2.00 bits per heavy atom. The van der Waals surface area contributed by atoms with E-state index in [1.165, 1.54) is 7.11 Å². The molecule has 1 rings (SSSR count). The highest BCUT2D eigenvalue weighted by Gasteiger charge is 2.13. The molecular formula is C15H23NO2. The molecule has 0 saturated carbocycles. The quantitative estimate of drug-likeness (QED) is 0.788. The van der Waals surface area contributed by atoms with Gasteiger partial charge in [-0.05, 0) is 24.5 Å². The third-order valence-corrected chi connectivity index (χ3v) is 3.53. The molecule has 0 heterocycles. The zero-order chi connectivity index (χ0) is 13.5. The number of carbonyl (C=O) groups excluding carboxylic acids is 1. The zero-order valence-electron chi connectivity index (χ0n) is 11.7. The van der Waals surface area contributed by atoms with Crippen LogP contribution >= 0.6 is 0 Å². The van der Waals surface area contributed by atoms with Gasteiger partial charge in [0.15, 0.2) is 0 Å². The van der Waals surface area contributed by atoms with Gasteiger partial charge in [-0.2, -0.15) is 0 Å². The number of carbonyl (C=O) groups is 1. The first-order chi connectivity index (χ1) is 8.60. The van der Waals surface area contributed by atoms with Gasteiger partial charge in [-0.25, -0.2) is 4.79 Å². The molecule has 2 atom stereocenters. The molecule has 0 fully saturated rings. The van der Waals surface area contributed by atoms with E-state index in [0.29, 0.717) is 24.1 Å². The Labute approximate surface area is 110 Å². The minimum Gasteiger partial charge on any atom is -0.465 e. The van der Waals surface area contributed by atoms with Crippen molar-refractivity contribution in [3.63, 3.8) is 0 Å². The van der Waals surface area contributed by atoms with Gasteiger partial charge in [0, 0.05) is 12.6 Å². The Balaban J connectivity index is 2.70. The van der Waals surface area contributed by atoms with Gasteiger partial charge in [0.1, 0.15) is 0 Å². The maximum atomic E-state index is 11.6. The summed E-state index contributed by atoms with van der Waals surface area (Å²) in [6.45, 7) is 7.28. The van der Waals surface area contributed by atoms with Crippen LogP contribution in [0, 0.1) is 5.92 Å². The summed E-state index contributed by atoms with van der Waals surface area (Å²) >= 11 is 0. The highest BCUT2D eigenvalue weighted by Crippen LogP contribution is 2.12. The number of rotatable bonds is 6. The standard InChI is InChI=1S/C15H23NO2/c1-5-11(2)12(3)16-10-13-8-6-7-9-14(13)15(17)18-4/h6-9,11-12,16H,5,10H2,1-4H3. The molecule has 1 N–H and O–H groups in total. The van der Waals surface area contributed by atoms with E-state index < -0.39 is 0 Å². The van der Waals surface area contributed by atoms with Crippen molar-refractivity contribution in [3.05, 3.63) is 35.4 Å². The number of esters is 1. The fourth-order valence-corrected chi connectivity index (χ4v) is 1.81. The number of ether oxygens (including phenoxy) is 1. The monoisotopic (exact) mass is 249 g/mol. The fourth-order valence-electron chi connectivity index (χ4n) is 1.81. The molecule has 0 aliphatic carbocycles. The first kappa shape index (κ1) is 14.7. The topological polar surface area (TPSA) is 38.3 Å². The number of hydrogen-bond donors (Lipinski definition) is 1. The van der Waals surface area contributed by atoms with Crippen LogP contribution in [0.25, 0.3) is 0 Å². The average Bonchev–Trinajstić information content (AvgIpc) is 2.43. The van der Waals surface area contributed by atoms with Gasteiger partial charge in [-0.15, -0.1) is 0 Å². The second-order valence-corrected chi connectivity index (χ2v) is 4.70. The third kappa shape index (κ3) is 3.84. The second kappa shape index (κ2) is 7.17. The average molecular weight is 249 g/mol. The molecular weight excluding hydrogens is 226 g/mol. The van der Waals surface area contributed by atoms with Crippen LogP contribution in [0.2, 0.25) is 0 Å². The predicted molar refractivity (Wildman–Crippen MR) is 73.5 cm³/mol. The largest absolute Gasteiger partial charge is 0.465 e. The summed E-state index contributed by atoms with van der Waals surface area (Å²) < 4.78 is 4.79. The molecule has 18 heavy (non-hydrogen) atoms. The Bertz CT molecular complexity index is 390. The Morgan fingerprint density at radius 3 is 2.61 bits per heavy atom.